The number of hydrogen-bond acceptors (Lipinski definition) is 6. The van der Waals surface area contributed by atoms with Crippen LogP contribution in [0, 0.1) is 0 Å². The summed E-state index contributed by atoms with van der Waals surface area (Å²) in [7, 11) is 0.911. The first-order chi connectivity index (χ1) is 17.1. The minimum Gasteiger partial charge on any atom is -0.467 e. The van der Waals surface area contributed by atoms with Gasteiger partial charge in [0.15, 0.2) is 5.78 Å². The fourth-order valence-electron chi connectivity index (χ4n) is 4.10. The van der Waals surface area contributed by atoms with E-state index in [9.17, 15) is 9.59 Å². The van der Waals surface area contributed by atoms with Gasteiger partial charge in [-0.2, -0.15) is 0 Å². The van der Waals surface area contributed by atoms with E-state index >= 15 is 0 Å². The maximum absolute atomic E-state index is 13.1. The third-order valence-corrected chi connectivity index (χ3v) is 6.97. The minimum atomic E-state index is -0.678. The number of nitrogens with one attached hydrogen (secondary N) is 1. The monoisotopic (exact) mass is 485 g/mol. The van der Waals surface area contributed by atoms with E-state index in [1.165, 1.54) is 7.11 Å². The number of methoxy groups -OCH3 is 1. The maximum atomic E-state index is 13.1. The molecular weight excluding hydrogens is 453 g/mol. The lowest BCUT2D eigenvalue weighted by Crippen LogP contribution is -2.41. The van der Waals surface area contributed by atoms with Crippen LogP contribution in [0.2, 0.25) is 0 Å². The van der Waals surface area contributed by atoms with Gasteiger partial charge in [0.25, 0.3) is 0 Å². The van der Waals surface area contributed by atoms with Gasteiger partial charge in [-0.05, 0) is 50.9 Å². The number of ether oxygens (including phenoxy) is 1. The molecule has 1 N–H and O–H groups in total. The van der Waals surface area contributed by atoms with Crippen LogP contribution in [0.5, 0.6) is 0 Å². The smallest absolute Gasteiger partial charge is 0.467 e. The van der Waals surface area contributed by atoms with Gasteiger partial charge in [0.05, 0.1) is 18.3 Å². The van der Waals surface area contributed by atoms with Crippen LogP contribution in [0.4, 0.5) is 5.69 Å². The van der Waals surface area contributed by atoms with Crippen LogP contribution in [-0.2, 0) is 25.3 Å². The zero-order valence-electron chi connectivity index (χ0n) is 21.4. The molecule has 0 bridgehead atoms. The predicted octanol–water partition coefficient (Wildman–Crippen LogP) is 4.41. The fraction of sp³-hybridized carbons (Fsp3) is 0.310. The lowest BCUT2D eigenvalue weighted by Gasteiger charge is -2.32. The molecule has 1 heterocycles. The first-order valence-electron chi connectivity index (χ1n) is 12.1. The molecule has 1 aliphatic rings. The maximum Gasteiger partial charge on any atom is 0.494 e. The Kier molecular flexibility index (Phi) is 7.34. The zero-order valence-corrected chi connectivity index (χ0v) is 21.4. The molecule has 3 aromatic carbocycles. The van der Waals surface area contributed by atoms with Crippen molar-refractivity contribution in [1.82, 2.24) is 0 Å². The van der Waals surface area contributed by atoms with Crippen molar-refractivity contribution in [3.63, 3.8) is 0 Å². The Morgan fingerprint density at radius 2 is 1.44 bits per heavy atom. The van der Waals surface area contributed by atoms with Crippen molar-refractivity contribution in [3.8, 4) is 0 Å². The second-order valence-corrected chi connectivity index (χ2v) is 9.99. The second kappa shape index (κ2) is 10.3. The number of carbonyl (C=O) groups is 2. The Labute approximate surface area is 213 Å². The van der Waals surface area contributed by atoms with Crippen molar-refractivity contribution in [2.45, 2.75) is 51.4 Å². The number of rotatable bonds is 8. The molecule has 1 fully saturated rings. The summed E-state index contributed by atoms with van der Waals surface area (Å²) in [5.41, 5.74) is 2.68. The lowest BCUT2D eigenvalue weighted by atomic mass is 9.78. The topological polar surface area (TPSA) is 73.9 Å². The highest BCUT2D eigenvalue weighted by Crippen LogP contribution is 2.36. The molecule has 0 spiro atoms. The van der Waals surface area contributed by atoms with Crippen LogP contribution < -0.4 is 10.8 Å². The van der Waals surface area contributed by atoms with Crippen LogP contribution >= 0.6 is 0 Å². The van der Waals surface area contributed by atoms with Gasteiger partial charge in [0.1, 0.15) is 6.04 Å². The molecule has 0 aliphatic carbocycles. The molecule has 7 heteroatoms. The van der Waals surface area contributed by atoms with Crippen LogP contribution in [0.25, 0.3) is 0 Å². The van der Waals surface area contributed by atoms with E-state index in [-0.39, 0.29) is 5.78 Å². The third kappa shape index (κ3) is 5.37. The molecule has 186 valence electrons. The molecule has 1 atom stereocenters. The average molecular weight is 485 g/mol. The van der Waals surface area contributed by atoms with E-state index in [2.05, 4.69) is 5.32 Å². The predicted molar refractivity (Wildman–Crippen MR) is 142 cm³/mol. The molecule has 1 unspecified atom stereocenters. The number of ketones is 1. The van der Waals surface area contributed by atoms with E-state index in [1.807, 2.05) is 82.3 Å². The molecule has 4 rings (SSSR count). The Morgan fingerprint density at radius 1 is 0.861 bits per heavy atom. The molecule has 0 saturated carbocycles. The fourth-order valence-corrected chi connectivity index (χ4v) is 4.10. The van der Waals surface area contributed by atoms with Crippen molar-refractivity contribution in [2.75, 3.05) is 12.4 Å². The quantitative estimate of drug-likeness (QED) is 0.290. The van der Waals surface area contributed by atoms with Gasteiger partial charge >= 0.3 is 13.1 Å². The Balaban J connectivity index is 1.52. The summed E-state index contributed by atoms with van der Waals surface area (Å²) in [5.74, 6) is -0.527. The van der Waals surface area contributed by atoms with Gasteiger partial charge in [0.2, 0.25) is 0 Å². The van der Waals surface area contributed by atoms with E-state index in [1.54, 1.807) is 24.3 Å². The average Bonchev–Trinajstić information content (AvgIpc) is 3.10. The Morgan fingerprint density at radius 3 is 2.06 bits per heavy atom. The highest BCUT2D eigenvalue weighted by Gasteiger charge is 2.51. The Hall–Kier alpha value is -3.42. The zero-order chi connectivity index (χ0) is 25.9. The molecule has 1 aliphatic heterocycles. The van der Waals surface area contributed by atoms with Crippen molar-refractivity contribution < 1.29 is 23.6 Å². The van der Waals surface area contributed by atoms with E-state index in [4.69, 9.17) is 14.0 Å². The van der Waals surface area contributed by atoms with Crippen LogP contribution in [0.3, 0.4) is 0 Å². The molecular formula is C29H32BNO5. The molecule has 6 nitrogen and oxygen atoms in total. The number of anilines is 1. The summed E-state index contributed by atoms with van der Waals surface area (Å²) in [6.07, 6.45) is 0.379. The molecule has 0 radical (unpaired) electrons. The summed E-state index contributed by atoms with van der Waals surface area (Å²) in [4.78, 5) is 25.8. The normalized spacial score (nSPS) is 16.9. The van der Waals surface area contributed by atoms with Crippen LogP contribution in [0.1, 0.15) is 49.2 Å². The van der Waals surface area contributed by atoms with Gasteiger partial charge in [-0.25, -0.2) is 4.79 Å². The number of para-hydroxylation sites is 1. The van der Waals surface area contributed by atoms with Crippen molar-refractivity contribution in [2.24, 2.45) is 0 Å². The molecule has 0 amide bonds. The first-order valence-corrected chi connectivity index (χ1v) is 12.1. The van der Waals surface area contributed by atoms with Gasteiger partial charge in [-0.1, -0.05) is 66.7 Å². The minimum absolute atomic E-state index is 0.117. The number of esters is 1. The van der Waals surface area contributed by atoms with Gasteiger partial charge in [-0.3, -0.25) is 4.79 Å². The van der Waals surface area contributed by atoms with E-state index in [0.29, 0.717) is 23.2 Å². The standard InChI is InChI=1S/C29H32BNO5/c1-28(2)29(3,4)36-30(35-28)22-17-15-20(16-18-22)19-25(27(33)34-5)31-24-14-10-9-13-23(24)26(32)21-11-7-6-8-12-21/h6-18,25,31H,19H2,1-5H3. The molecule has 1 saturated heterocycles. The summed E-state index contributed by atoms with van der Waals surface area (Å²) in [6.45, 7) is 8.09. The van der Waals surface area contributed by atoms with Gasteiger partial charge < -0.3 is 19.4 Å². The number of benzene rings is 3. The Bertz CT molecular complexity index is 1210. The van der Waals surface area contributed by atoms with Crippen LogP contribution in [0.15, 0.2) is 78.9 Å². The highest BCUT2D eigenvalue weighted by molar-refractivity contribution is 6.62. The molecule has 36 heavy (non-hydrogen) atoms. The van der Waals surface area contributed by atoms with Gasteiger partial charge in [-0.15, -0.1) is 0 Å². The van der Waals surface area contributed by atoms with Crippen LogP contribution in [-0.4, -0.2) is 43.2 Å². The highest BCUT2D eigenvalue weighted by atomic mass is 16.7. The van der Waals surface area contributed by atoms with Gasteiger partial charge in [0, 0.05) is 23.2 Å². The number of carbonyl (C=O) groups excluding carboxylic acids is 2. The summed E-state index contributed by atoms with van der Waals surface area (Å²) < 4.78 is 17.3. The summed E-state index contributed by atoms with van der Waals surface area (Å²) in [5, 5.41) is 3.24. The first kappa shape index (κ1) is 25.7. The summed E-state index contributed by atoms with van der Waals surface area (Å²) in [6, 6.07) is 23.4. The SMILES string of the molecule is COC(=O)C(Cc1ccc(B2OC(C)(C)C(C)(C)O2)cc1)Nc1ccccc1C(=O)c1ccccc1. The van der Waals surface area contributed by atoms with E-state index < -0.39 is 30.3 Å². The second-order valence-electron chi connectivity index (χ2n) is 9.99. The van der Waals surface area contributed by atoms with Crippen molar-refractivity contribution in [1.29, 1.82) is 0 Å². The summed E-state index contributed by atoms with van der Waals surface area (Å²) >= 11 is 0. The molecule has 0 aromatic heterocycles. The lowest BCUT2D eigenvalue weighted by molar-refractivity contribution is -0.141. The van der Waals surface area contributed by atoms with E-state index in [0.717, 1.165) is 11.0 Å². The largest absolute Gasteiger partial charge is 0.494 e. The van der Waals surface area contributed by atoms with Crippen molar-refractivity contribution in [3.05, 3.63) is 95.6 Å². The third-order valence-electron chi connectivity index (χ3n) is 6.97. The molecule has 3 aromatic rings. The van der Waals surface area contributed by atoms with Crippen molar-refractivity contribution >= 4 is 30.0 Å². The number of hydrogen-bond donors (Lipinski definition) is 1.